The number of carbonyl (C=O) groups is 1. The molecule has 0 bridgehead atoms. The molecule has 16 heavy (non-hydrogen) atoms. The van der Waals surface area contributed by atoms with Crippen molar-refractivity contribution in [3.63, 3.8) is 0 Å². The Morgan fingerprint density at radius 3 is 2.25 bits per heavy atom. The van der Waals surface area contributed by atoms with E-state index >= 15 is 0 Å². The highest BCUT2D eigenvalue weighted by Gasteiger charge is 2.19. The molecule has 0 aliphatic heterocycles. The van der Waals surface area contributed by atoms with Crippen molar-refractivity contribution in [3.8, 4) is 0 Å². The zero-order valence-corrected chi connectivity index (χ0v) is 10.6. The zero-order chi connectivity index (χ0) is 12.0. The lowest BCUT2D eigenvalue weighted by Gasteiger charge is -2.16. The molecule has 0 amide bonds. The van der Waals surface area contributed by atoms with Crippen LogP contribution in [0.5, 0.6) is 0 Å². The van der Waals surface area contributed by atoms with Crippen LogP contribution in [0, 0.1) is 5.41 Å². The number of aryl methyl sites for hydroxylation is 1. The Morgan fingerprint density at radius 1 is 1.06 bits per heavy atom. The van der Waals surface area contributed by atoms with Gasteiger partial charge in [-0.2, -0.15) is 0 Å². The molecule has 0 spiro atoms. The largest absolute Gasteiger partial charge is 0.299 e. The molecule has 0 unspecified atom stereocenters. The predicted molar refractivity (Wildman–Crippen MR) is 68.5 cm³/mol. The van der Waals surface area contributed by atoms with Gasteiger partial charge in [-0.3, -0.25) is 4.79 Å². The first-order valence-electron chi connectivity index (χ1n) is 6.07. The Balaban J connectivity index is 2.20. The lowest BCUT2D eigenvalue weighted by molar-refractivity contribution is -0.126. The molecule has 1 aromatic carbocycles. The molecule has 0 heterocycles. The van der Waals surface area contributed by atoms with E-state index in [0.29, 0.717) is 5.78 Å². The molecule has 1 rings (SSSR count). The first-order valence-corrected chi connectivity index (χ1v) is 6.07. The van der Waals surface area contributed by atoms with Crippen LogP contribution in [-0.4, -0.2) is 5.78 Å². The molecular formula is C15H22O. The third-order valence-corrected chi connectivity index (χ3v) is 2.80. The lowest BCUT2D eigenvalue weighted by Crippen LogP contribution is -2.19. The van der Waals surface area contributed by atoms with Crippen LogP contribution < -0.4 is 0 Å². The van der Waals surface area contributed by atoms with Crippen LogP contribution in [0.4, 0.5) is 0 Å². The fourth-order valence-corrected chi connectivity index (χ4v) is 1.63. The van der Waals surface area contributed by atoms with Crippen molar-refractivity contribution in [3.05, 3.63) is 35.9 Å². The number of Topliss-reactive ketones (excluding diaryl/α,β-unsaturated/α-hetero) is 1. The number of carbonyl (C=O) groups excluding carboxylic acids is 1. The van der Waals surface area contributed by atoms with Gasteiger partial charge in [0.25, 0.3) is 0 Å². The molecule has 0 saturated carbocycles. The topological polar surface area (TPSA) is 17.1 Å². The van der Waals surface area contributed by atoms with E-state index in [1.54, 1.807) is 0 Å². The van der Waals surface area contributed by atoms with E-state index in [-0.39, 0.29) is 5.41 Å². The van der Waals surface area contributed by atoms with E-state index in [1.165, 1.54) is 5.56 Å². The Kier molecular flexibility index (Phi) is 4.72. The predicted octanol–water partition coefficient (Wildman–Crippen LogP) is 4.01. The first-order chi connectivity index (χ1) is 7.50. The standard InChI is InChI=1S/C15H22O/c1-15(2,3)14(16)12-8-7-11-13-9-5-4-6-10-13/h4-6,9-10H,7-8,11-12H2,1-3H3. The summed E-state index contributed by atoms with van der Waals surface area (Å²) in [6.45, 7) is 5.98. The summed E-state index contributed by atoms with van der Waals surface area (Å²) >= 11 is 0. The smallest absolute Gasteiger partial charge is 0.138 e. The Hall–Kier alpha value is -1.11. The van der Waals surface area contributed by atoms with Gasteiger partial charge in [0, 0.05) is 11.8 Å². The average molecular weight is 218 g/mol. The number of hydrogen-bond donors (Lipinski definition) is 0. The summed E-state index contributed by atoms with van der Waals surface area (Å²) in [5.41, 5.74) is 1.19. The van der Waals surface area contributed by atoms with Gasteiger partial charge in [0.2, 0.25) is 0 Å². The van der Waals surface area contributed by atoms with Gasteiger partial charge in [0.1, 0.15) is 5.78 Å². The van der Waals surface area contributed by atoms with Gasteiger partial charge in [-0.15, -0.1) is 0 Å². The van der Waals surface area contributed by atoms with Crippen molar-refractivity contribution in [1.82, 2.24) is 0 Å². The lowest BCUT2D eigenvalue weighted by atomic mass is 9.87. The number of rotatable bonds is 5. The number of hydrogen-bond acceptors (Lipinski definition) is 1. The molecule has 0 atom stereocenters. The minimum atomic E-state index is -0.174. The summed E-state index contributed by atoms with van der Waals surface area (Å²) in [5, 5.41) is 0. The quantitative estimate of drug-likeness (QED) is 0.682. The van der Waals surface area contributed by atoms with Crippen molar-refractivity contribution in [2.24, 2.45) is 5.41 Å². The van der Waals surface area contributed by atoms with E-state index in [4.69, 9.17) is 0 Å². The normalized spacial score (nSPS) is 11.4. The summed E-state index contributed by atoms with van der Waals surface area (Å²) in [5.74, 6) is 0.376. The van der Waals surface area contributed by atoms with Crippen LogP contribution in [0.25, 0.3) is 0 Å². The molecule has 88 valence electrons. The van der Waals surface area contributed by atoms with Crippen molar-refractivity contribution < 1.29 is 4.79 Å². The zero-order valence-electron chi connectivity index (χ0n) is 10.6. The summed E-state index contributed by atoms with van der Waals surface area (Å²) in [6.07, 6.45) is 3.91. The third-order valence-electron chi connectivity index (χ3n) is 2.80. The number of unbranched alkanes of at least 4 members (excludes halogenated alkanes) is 1. The van der Waals surface area contributed by atoms with Gasteiger partial charge in [-0.1, -0.05) is 51.1 Å². The van der Waals surface area contributed by atoms with Gasteiger partial charge in [-0.25, -0.2) is 0 Å². The Morgan fingerprint density at radius 2 is 1.69 bits per heavy atom. The molecular weight excluding hydrogens is 196 g/mol. The van der Waals surface area contributed by atoms with Gasteiger partial charge in [0.05, 0.1) is 0 Å². The van der Waals surface area contributed by atoms with E-state index in [1.807, 2.05) is 26.8 Å². The summed E-state index contributed by atoms with van der Waals surface area (Å²) < 4.78 is 0. The second-order valence-electron chi connectivity index (χ2n) is 5.37. The highest BCUT2D eigenvalue weighted by Crippen LogP contribution is 2.18. The molecule has 0 aliphatic carbocycles. The van der Waals surface area contributed by atoms with Crippen molar-refractivity contribution in [2.75, 3.05) is 0 Å². The number of benzene rings is 1. The van der Waals surface area contributed by atoms with E-state index in [0.717, 1.165) is 25.7 Å². The molecule has 0 saturated heterocycles. The number of ketones is 1. The molecule has 0 aliphatic rings. The van der Waals surface area contributed by atoms with Crippen LogP contribution in [0.15, 0.2) is 30.3 Å². The molecule has 1 nitrogen and oxygen atoms in total. The molecule has 0 fully saturated rings. The fourth-order valence-electron chi connectivity index (χ4n) is 1.63. The average Bonchev–Trinajstić information content (AvgIpc) is 2.24. The molecule has 1 heteroatoms. The van der Waals surface area contributed by atoms with E-state index in [2.05, 4.69) is 24.3 Å². The first kappa shape index (κ1) is 13.0. The van der Waals surface area contributed by atoms with Crippen molar-refractivity contribution in [1.29, 1.82) is 0 Å². The minimum absolute atomic E-state index is 0.174. The van der Waals surface area contributed by atoms with Crippen LogP contribution in [0.2, 0.25) is 0 Å². The van der Waals surface area contributed by atoms with Crippen LogP contribution in [-0.2, 0) is 11.2 Å². The van der Waals surface area contributed by atoms with E-state index < -0.39 is 0 Å². The highest BCUT2D eigenvalue weighted by molar-refractivity contribution is 5.83. The van der Waals surface area contributed by atoms with Crippen LogP contribution in [0.1, 0.15) is 45.6 Å². The summed E-state index contributed by atoms with van der Waals surface area (Å²) in [6, 6.07) is 10.5. The molecule has 0 aromatic heterocycles. The maximum Gasteiger partial charge on any atom is 0.138 e. The monoisotopic (exact) mass is 218 g/mol. The second-order valence-corrected chi connectivity index (χ2v) is 5.37. The molecule has 0 N–H and O–H groups in total. The SMILES string of the molecule is CC(C)(C)C(=O)CCCCc1ccccc1. The van der Waals surface area contributed by atoms with E-state index in [9.17, 15) is 4.79 Å². The maximum absolute atomic E-state index is 11.7. The van der Waals surface area contributed by atoms with Crippen molar-refractivity contribution in [2.45, 2.75) is 46.5 Å². The van der Waals surface area contributed by atoms with Crippen LogP contribution >= 0.6 is 0 Å². The minimum Gasteiger partial charge on any atom is -0.299 e. The highest BCUT2D eigenvalue weighted by atomic mass is 16.1. The maximum atomic E-state index is 11.7. The fraction of sp³-hybridized carbons (Fsp3) is 0.533. The van der Waals surface area contributed by atoms with Gasteiger partial charge in [0.15, 0.2) is 0 Å². The Labute approximate surface area is 98.9 Å². The summed E-state index contributed by atoms with van der Waals surface area (Å²) in [4.78, 5) is 11.7. The van der Waals surface area contributed by atoms with Crippen molar-refractivity contribution >= 4 is 5.78 Å². The van der Waals surface area contributed by atoms with Gasteiger partial charge in [-0.05, 0) is 24.8 Å². The third kappa shape index (κ3) is 4.61. The summed E-state index contributed by atoms with van der Waals surface area (Å²) in [7, 11) is 0. The van der Waals surface area contributed by atoms with Gasteiger partial charge >= 0.3 is 0 Å². The van der Waals surface area contributed by atoms with Crippen LogP contribution in [0.3, 0.4) is 0 Å². The Bertz CT molecular complexity index is 319. The second kappa shape index (κ2) is 5.83. The molecule has 0 radical (unpaired) electrons. The molecule has 1 aromatic rings. The van der Waals surface area contributed by atoms with Gasteiger partial charge < -0.3 is 0 Å².